The van der Waals surface area contributed by atoms with E-state index in [0.29, 0.717) is 0 Å². The van der Waals surface area contributed by atoms with Gasteiger partial charge in [-0.25, -0.2) is 0 Å². The molecule has 0 amide bonds. The van der Waals surface area contributed by atoms with Crippen LogP contribution in [-0.4, -0.2) is 9.55 Å². The summed E-state index contributed by atoms with van der Waals surface area (Å²) in [5, 5.41) is 4.11. The molecule has 0 aliphatic carbocycles. The molecule has 1 aromatic carbocycles. The van der Waals surface area contributed by atoms with E-state index < -0.39 is 0 Å². The molecule has 0 atom stereocenters. The van der Waals surface area contributed by atoms with Crippen LogP contribution in [0.2, 0.25) is 0 Å². The molecule has 0 saturated heterocycles. The Morgan fingerprint density at radius 3 is 2.74 bits per heavy atom. The van der Waals surface area contributed by atoms with Gasteiger partial charge in [0.05, 0.1) is 10.9 Å². The molecule has 4 heteroatoms. The maximum absolute atomic E-state index is 12.8. The summed E-state index contributed by atoms with van der Waals surface area (Å²) in [7, 11) is 0. The van der Waals surface area contributed by atoms with E-state index in [1.165, 1.54) is 11.1 Å². The van der Waals surface area contributed by atoms with Gasteiger partial charge in [-0.1, -0.05) is 37.3 Å². The summed E-state index contributed by atoms with van der Waals surface area (Å²) in [5.74, 6) is 0. The monoisotopic (exact) mass is 322 g/mol. The van der Waals surface area contributed by atoms with Crippen LogP contribution >= 0.6 is 11.3 Å². The second kappa shape index (κ2) is 5.70. The minimum Gasteiger partial charge on any atom is -0.346 e. The van der Waals surface area contributed by atoms with Crippen LogP contribution in [0.15, 0.2) is 52.8 Å². The van der Waals surface area contributed by atoms with Crippen molar-refractivity contribution in [1.29, 1.82) is 0 Å². The fourth-order valence-corrected chi connectivity index (χ4v) is 4.15. The lowest BCUT2D eigenvalue weighted by Crippen LogP contribution is -2.18. The van der Waals surface area contributed by atoms with Gasteiger partial charge >= 0.3 is 0 Å². The van der Waals surface area contributed by atoms with E-state index in [2.05, 4.69) is 41.6 Å². The third kappa shape index (κ3) is 2.39. The average molecular weight is 322 g/mol. The van der Waals surface area contributed by atoms with Crippen molar-refractivity contribution in [2.45, 2.75) is 26.3 Å². The number of nitrogens with zero attached hydrogens (tertiary/aromatic N) is 1. The lowest BCUT2D eigenvalue weighted by atomic mass is 10.0. The average Bonchev–Trinajstić information content (AvgIpc) is 3.11. The van der Waals surface area contributed by atoms with Gasteiger partial charge in [0.15, 0.2) is 0 Å². The third-order valence-corrected chi connectivity index (χ3v) is 5.18. The molecule has 0 bridgehead atoms. The molecule has 4 rings (SSSR count). The Labute approximate surface area is 138 Å². The number of hydrogen-bond acceptors (Lipinski definition) is 2. The fraction of sp³-hybridized carbons (Fsp3) is 0.211. The molecule has 3 nitrogen and oxygen atoms in total. The Balaban J connectivity index is 1.92. The number of thiophene rings is 1. The molecule has 0 unspecified atom stereocenters. The van der Waals surface area contributed by atoms with Gasteiger partial charge in [-0.3, -0.25) is 4.79 Å². The highest BCUT2D eigenvalue weighted by atomic mass is 32.1. The van der Waals surface area contributed by atoms with E-state index in [1.54, 1.807) is 11.3 Å². The van der Waals surface area contributed by atoms with Crippen LogP contribution in [-0.2, 0) is 13.0 Å². The molecular weight excluding hydrogens is 304 g/mol. The SMILES string of the molecule is CCCn1ccc2[nH]c3scc(Cc4ccccc4)c3c2c1=O. The van der Waals surface area contributed by atoms with Crippen molar-refractivity contribution in [3.63, 3.8) is 0 Å². The number of aryl methyl sites for hydroxylation is 1. The number of fused-ring (bicyclic) bond motifs is 3. The van der Waals surface area contributed by atoms with Gasteiger partial charge in [0, 0.05) is 18.1 Å². The van der Waals surface area contributed by atoms with Crippen molar-refractivity contribution in [2.24, 2.45) is 0 Å². The number of aromatic amines is 1. The van der Waals surface area contributed by atoms with Crippen molar-refractivity contribution in [3.8, 4) is 0 Å². The number of H-pyrrole nitrogens is 1. The zero-order valence-electron chi connectivity index (χ0n) is 13.0. The topological polar surface area (TPSA) is 37.8 Å². The van der Waals surface area contributed by atoms with Gasteiger partial charge in [0.1, 0.15) is 4.83 Å². The maximum atomic E-state index is 12.8. The Morgan fingerprint density at radius 1 is 1.13 bits per heavy atom. The van der Waals surface area contributed by atoms with Crippen LogP contribution in [0.25, 0.3) is 21.1 Å². The first kappa shape index (κ1) is 14.3. The molecule has 0 aliphatic rings. The zero-order valence-corrected chi connectivity index (χ0v) is 13.8. The largest absolute Gasteiger partial charge is 0.346 e. The van der Waals surface area contributed by atoms with E-state index >= 15 is 0 Å². The summed E-state index contributed by atoms with van der Waals surface area (Å²) in [5.41, 5.74) is 3.56. The predicted molar refractivity (Wildman–Crippen MR) is 97.5 cm³/mol. The van der Waals surface area contributed by atoms with Gasteiger partial charge in [0.25, 0.3) is 5.56 Å². The first-order valence-electron chi connectivity index (χ1n) is 7.93. The lowest BCUT2D eigenvalue weighted by Gasteiger charge is -2.04. The number of benzene rings is 1. The summed E-state index contributed by atoms with van der Waals surface area (Å²) in [6.07, 6.45) is 3.71. The molecule has 1 N–H and O–H groups in total. The standard InChI is InChI=1S/C19H18N2OS/c1-2-9-21-10-8-15-17(19(21)22)16-14(12-23-18(16)20-15)11-13-6-4-3-5-7-13/h3-8,10,12,20H,2,9,11H2,1H3. The highest BCUT2D eigenvalue weighted by Gasteiger charge is 2.15. The minimum atomic E-state index is 0.114. The molecule has 23 heavy (non-hydrogen) atoms. The molecule has 3 heterocycles. The summed E-state index contributed by atoms with van der Waals surface area (Å²) in [6, 6.07) is 12.4. The number of hydrogen-bond donors (Lipinski definition) is 1. The first-order valence-corrected chi connectivity index (χ1v) is 8.81. The number of nitrogens with one attached hydrogen (secondary N) is 1. The van der Waals surface area contributed by atoms with Crippen LogP contribution in [0.3, 0.4) is 0 Å². The van der Waals surface area contributed by atoms with Crippen LogP contribution in [0, 0.1) is 0 Å². The number of pyridine rings is 1. The molecule has 0 fully saturated rings. The van der Waals surface area contributed by atoms with Crippen molar-refractivity contribution < 1.29 is 0 Å². The molecular formula is C19H18N2OS. The van der Waals surface area contributed by atoms with E-state index in [-0.39, 0.29) is 5.56 Å². The Kier molecular flexibility index (Phi) is 3.54. The second-order valence-electron chi connectivity index (χ2n) is 5.86. The fourth-order valence-electron chi connectivity index (χ4n) is 3.17. The lowest BCUT2D eigenvalue weighted by molar-refractivity contribution is 0.659. The molecule has 0 spiro atoms. The highest BCUT2D eigenvalue weighted by Crippen LogP contribution is 2.32. The van der Waals surface area contributed by atoms with Gasteiger partial charge in [-0.15, -0.1) is 11.3 Å². The van der Waals surface area contributed by atoms with Crippen molar-refractivity contribution in [2.75, 3.05) is 0 Å². The summed E-state index contributed by atoms with van der Waals surface area (Å²) in [4.78, 5) is 17.3. The van der Waals surface area contributed by atoms with Crippen molar-refractivity contribution in [3.05, 3.63) is 69.5 Å². The summed E-state index contributed by atoms with van der Waals surface area (Å²) in [6.45, 7) is 2.86. The first-order chi connectivity index (χ1) is 11.3. The normalized spacial score (nSPS) is 11.5. The van der Waals surface area contributed by atoms with Gasteiger partial charge in [-0.2, -0.15) is 0 Å². The van der Waals surface area contributed by atoms with Crippen molar-refractivity contribution >= 4 is 32.5 Å². The summed E-state index contributed by atoms with van der Waals surface area (Å²) >= 11 is 1.68. The van der Waals surface area contributed by atoms with Gasteiger partial charge in [0.2, 0.25) is 0 Å². The Hall–Kier alpha value is -2.33. The number of aromatic nitrogens is 2. The molecule has 3 aromatic heterocycles. The highest BCUT2D eigenvalue weighted by molar-refractivity contribution is 7.17. The quantitative estimate of drug-likeness (QED) is 0.588. The van der Waals surface area contributed by atoms with Crippen LogP contribution in [0.4, 0.5) is 0 Å². The van der Waals surface area contributed by atoms with Crippen molar-refractivity contribution in [1.82, 2.24) is 9.55 Å². The van der Waals surface area contributed by atoms with Crippen LogP contribution < -0.4 is 5.56 Å². The predicted octanol–water partition coefficient (Wildman–Crippen LogP) is 4.55. The number of rotatable bonds is 4. The maximum Gasteiger partial charge on any atom is 0.260 e. The van der Waals surface area contributed by atoms with Gasteiger partial charge < -0.3 is 9.55 Å². The Bertz CT molecular complexity index is 1020. The summed E-state index contributed by atoms with van der Waals surface area (Å²) < 4.78 is 1.82. The third-order valence-electron chi connectivity index (χ3n) is 4.23. The van der Waals surface area contributed by atoms with Gasteiger partial charge in [-0.05, 0) is 35.4 Å². The molecule has 0 radical (unpaired) electrons. The van der Waals surface area contributed by atoms with Crippen LogP contribution in [0.5, 0.6) is 0 Å². The van der Waals surface area contributed by atoms with E-state index in [9.17, 15) is 4.79 Å². The molecule has 0 saturated carbocycles. The minimum absolute atomic E-state index is 0.114. The van der Waals surface area contributed by atoms with E-state index in [0.717, 1.165) is 40.5 Å². The Morgan fingerprint density at radius 2 is 1.96 bits per heavy atom. The molecule has 116 valence electrons. The zero-order chi connectivity index (χ0) is 15.8. The van der Waals surface area contributed by atoms with E-state index in [1.807, 2.05) is 22.9 Å². The van der Waals surface area contributed by atoms with Crippen LogP contribution in [0.1, 0.15) is 24.5 Å². The second-order valence-corrected chi connectivity index (χ2v) is 6.74. The molecule has 0 aliphatic heterocycles. The van der Waals surface area contributed by atoms with E-state index in [4.69, 9.17) is 0 Å². The smallest absolute Gasteiger partial charge is 0.260 e. The molecule has 4 aromatic rings.